The van der Waals surface area contributed by atoms with Crippen molar-refractivity contribution < 1.29 is 81.0 Å². The minimum Gasteiger partial charge on any atom is -0.454 e. The lowest BCUT2D eigenvalue weighted by molar-refractivity contribution is -0.396. The first-order chi connectivity index (χ1) is 49.5. The predicted molar refractivity (Wildman–Crippen MR) is 380 cm³/mol. The van der Waals surface area contributed by atoms with Crippen LogP contribution in [0.15, 0.2) is 255 Å². The van der Waals surface area contributed by atoms with Gasteiger partial charge in [0.2, 0.25) is 0 Å². The van der Waals surface area contributed by atoms with Crippen molar-refractivity contribution >= 4 is 5.97 Å². The van der Waals surface area contributed by atoms with Crippen LogP contribution in [0.3, 0.4) is 0 Å². The van der Waals surface area contributed by atoms with Gasteiger partial charge in [0.25, 0.3) is 0 Å². The molecule has 3 saturated heterocycles. The Bertz CT molecular complexity index is 3600. The van der Waals surface area contributed by atoms with Gasteiger partial charge in [-0.05, 0) is 78.1 Å². The maximum Gasteiger partial charge on any atom is 0.311 e. The van der Waals surface area contributed by atoms with E-state index in [-0.39, 0.29) is 79.3 Å². The van der Waals surface area contributed by atoms with Crippen LogP contribution < -0.4 is 0 Å². The van der Waals surface area contributed by atoms with Crippen molar-refractivity contribution in [3.8, 4) is 0 Å². The van der Waals surface area contributed by atoms with Gasteiger partial charge in [0.15, 0.2) is 25.0 Å². The van der Waals surface area contributed by atoms with Crippen molar-refractivity contribution in [1.82, 2.24) is 0 Å². The average molecular weight is 1380 g/mol. The normalized spacial score (nSPS) is 25.3. The number of unbranched alkanes of at least 4 members (excludes halogenated alkanes) is 1. The molecule has 0 unspecified atom stereocenters. The third-order valence-electron chi connectivity index (χ3n) is 17.7. The molecule has 0 bridgehead atoms. The molecule has 0 saturated carbocycles. The van der Waals surface area contributed by atoms with Crippen molar-refractivity contribution in [2.75, 3.05) is 26.4 Å². The fraction of sp³-hybridized carbons (Fsp3) is 0.393. The number of carbonyl (C=O) groups excluding carboxylic acids is 1. The Hall–Kier alpha value is -7.63. The highest BCUT2D eigenvalue weighted by Crippen LogP contribution is 2.40. The Morgan fingerprint density at radius 1 is 0.366 bits per heavy atom. The van der Waals surface area contributed by atoms with Crippen molar-refractivity contribution in [2.24, 2.45) is 5.41 Å². The van der Waals surface area contributed by atoms with Gasteiger partial charge in [-0.15, -0.1) is 6.58 Å². The van der Waals surface area contributed by atoms with Crippen molar-refractivity contribution in [1.29, 1.82) is 0 Å². The zero-order chi connectivity index (χ0) is 69.9. The molecule has 3 aliphatic heterocycles. The summed E-state index contributed by atoms with van der Waals surface area (Å²) in [5.74, 6) is -0.553. The second kappa shape index (κ2) is 39.1. The molecule has 0 spiro atoms. The van der Waals surface area contributed by atoms with Gasteiger partial charge in [0.05, 0.1) is 84.7 Å². The fourth-order valence-electron chi connectivity index (χ4n) is 12.3. The third-order valence-corrected chi connectivity index (χ3v) is 17.7. The standard InChI is InChI=1S/C84H96O17/c1-5-6-31-48-90-81-78(100-80-71(85)75(93-54-65-42-25-12-26-43-65)72(91-52-63-38-21-10-22-39-63)68(96-80)57-87-49-60-32-15-7-16-33-60)77(95-56-67-46-29-14-30-47-67)74(70(97-81)59-89-51-62-36-19-9-20-37-62)99-82-79(101-83(86)84(2,3)4)76(94-55-66-44-27-13-28-45-66)73(92-53-64-40-23-11-24-41-64)69(98-82)58-88-50-61-34-17-8-18-35-61/h5,7-30,32-47,68-82,85H,1,6,31,48-59H2,2-4H3/t68-,69-,70-,71+,72-,73+,74-,75-,76+,77+,78+,79-,80-,81+,82+/m1/s1. The quantitative estimate of drug-likeness (QED) is 0.0221. The van der Waals surface area contributed by atoms with E-state index in [1.807, 2.05) is 249 Å². The number of allylic oxidation sites excluding steroid dienone is 1. The van der Waals surface area contributed by atoms with Gasteiger partial charge in [-0.2, -0.15) is 0 Å². The highest BCUT2D eigenvalue weighted by molar-refractivity contribution is 5.75. The highest BCUT2D eigenvalue weighted by atomic mass is 16.8. The van der Waals surface area contributed by atoms with Crippen LogP contribution in [-0.2, 0) is 129 Å². The van der Waals surface area contributed by atoms with Crippen LogP contribution in [0.25, 0.3) is 0 Å². The highest BCUT2D eigenvalue weighted by Gasteiger charge is 2.58. The number of hydrogen-bond acceptors (Lipinski definition) is 17. The summed E-state index contributed by atoms with van der Waals surface area (Å²) in [5.41, 5.74) is 6.13. The van der Waals surface area contributed by atoms with Gasteiger partial charge in [-0.1, -0.05) is 249 Å². The second-order valence-electron chi connectivity index (χ2n) is 26.6. The summed E-state index contributed by atoms with van der Waals surface area (Å²) in [5, 5.41) is 13.2. The van der Waals surface area contributed by atoms with Crippen molar-refractivity contribution in [3.63, 3.8) is 0 Å². The van der Waals surface area contributed by atoms with Crippen LogP contribution in [0.1, 0.15) is 78.1 Å². The van der Waals surface area contributed by atoms with Crippen LogP contribution >= 0.6 is 0 Å². The molecule has 0 aliphatic carbocycles. The summed E-state index contributed by atoms with van der Waals surface area (Å²) in [4.78, 5) is 14.9. The molecule has 3 fully saturated rings. The Kier molecular flexibility index (Phi) is 28.9. The summed E-state index contributed by atoms with van der Waals surface area (Å²) >= 11 is 0. The van der Waals surface area contributed by atoms with Crippen LogP contribution in [0, 0.1) is 5.41 Å². The second-order valence-corrected chi connectivity index (χ2v) is 26.6. The maximum absolute atomic E-state index is 14.9. The van der Waals surface area contributed by atoms with Crippen LogP contribution in [0.2, 0.25) is 0 Å². The molecule has 0 radical (unpaired) electrons. The number of carbonyl (C=O) groups is 1. The Labute approximate surface area is 594 Å². The van der Waals surface area contributed by atoms with E-state index in [1.54, 1.807) is 20.8 Å². The minimum absolute atomic E-state index is 0.00274. The van der Waals surface area contributed by atoms with Gasteiger partial charge < -0.3 is 76.2 Å². The lowest BCUT2D eigenvalue weighted by Gasteiger charge is -2.51. The van der Waals surface area contributed by atoms with Gasteiger partial charge in [0.1, 0.15) is 67.1 Å². The summed E-state index contributed by atoms with van der Waals surface area (Å²) < 4.78 is 106. The summed E-state index contributed by atoms with van der Waals surface area (Å²) in [6.45, 7) is 10.7. The van der Waals surface area contributed by atoms with E-state index in [4.69, 9.17) is 71.1 Å². The monoisotopic (exact) mass is 1380 g/mol. The third kappa shape index (κ3) is 22.4. The molecule has 0 amide bonds. The first-order valence-electron chi connectivity index (χ1n) is 35.0. The SMILES string of the molecule is C=CCCCO[C@H]1O[C@H](COCc2ccccc2)[C@@H](O[C@@H]2O[C@H](COCc3ccccc3)[C@H](OCc3ccccc3)[C@H](OCc3ccccc3)[C@H]2OC(=O)C(C)(C)C)[C@H](OCc2ccccc2)[C@@H]1O[C@H]1O[C@H](COCc2ccccc2)[C@@H](OCc2ccccc2)[C@H](OCc2ccccc2)[C@@H]1O. The van der Waals surface area contributed by atoms with Crippen LogP contribution in [-0.4, -0.2) is 130 Å². The predicted octanol–water partition coefficient (Wildman–Crippen LogP) is 13.8. The number of aliphatic hydroxyl groups excluding tert-OH is 1. The molecule has 11 rings (SSSR count). The summed E-state index contributed by atoms with van der Waals surface area (Å²) in [6.07, 6.45) is -14.6. The van der Waals surface area contributed by atoms with Gasteiger partial charge in [-0.25, -0.2) is 0 Å². The molecule has 17 heteroatoms. The Morgan fingerprint density at radius 3 is 1.03 bits per heavy atom. The minimum atomic E-state index is -1.53. The number of aliphatic hydroxyl groups is 1. The fourth-order valence-corrected chi connectivity index (χ4v) is 12.3. The largest absolute Gasteiger partial charge is 0.454 e. The number of rotatable bonds is 37. The van der Waals surface area contributed by atoms with Crippen LogP contribution in [0.5, 0.6) is 0 Å². The number of esters is 1. The number of benzene rings is 8. The molecule has 15 atom stereocenters. The van der Waals surface area contributed by atoms with E-state index in [1.165, 1.54) is 0 Å². The smallest absolute Gasteiger partial charge is 0.311 e. The zero-order valence-corrected chi connectivity index (χ0v) is 57.9. The molecular formula is C84H96O17. The molecule has 101 heavy (non-hydrogen) atoms. The van der Waals surface area contributed by atoms with Crippen LogP contribution in [0.4, 0.5) is 0 Å². The van der Waals surface area contributed by atoms with Crippen molar-refractivity contribution in [3.05, 3.63) is 300 Å². The van der Waals surface area contributed by atoms with E-state index in [0.29, 0.717) is 12.8 Å². The number of ether oxygens (including phenoxy) is 15. The summed E-state index contributed by atoms with van der Waals surface area (Å²) in [6, 6.07) is 78.4. The molecule has 0 aromatic heterocycles. The molecule has 8 aromatic carbocycles. The Morgan fingerprint density at radius 2 is 0.663 bits per heavy atom. The van der Waals surface area contributed by atoms with Gasteiger partial charge in [-0.3, -0.25) is 4.79 Å². The molecule has 1 N–H and O–H groups in total. The lowest BCUT2D eigenvalue weighted by atomic mass is 9.94. The zero-order valence-electron chi connectivity index (χ0n) is 57.9. The molecule has 8 aromatic rings. The van der Waals surface area contributed by atoms with E-state index >= 15 is 0 Å². The average Bonchev–Trinajstić information content (AvgIpc) is 0.764. The molecule has 3 heterocycles. The van der Waals surface area contributed by atoms with E-state index in [2.05, 4.69) is 6.58 Å². The maximum atomic E-state index is 14.9. The first kappa shape index (κ1) is 74.6. The molecular weight excluding hydrogens is 1280 g/mol. The van der Waals surface area contributed by atoms with E-state index in [0.717, 1.165) is 44.5 Å². The lowest BCUT2D eigenvalue weighted by Crippen LogP contribution is -2.68. The molecule has 17 nitrogen and oxygen atoms in total. The van der Waals surface area contributed by atoms with Gasteiger partial charge in [0, 0.05) is 0 Å². The van der Waals surface area contributed by atoms with Crippen molar-refractivity contribution in [2.45, 2.75) is 179 Å². The summed E-state index contributed by atoms with van der Waals surface area (Å²) in [7, 11) is 0. The Balaban J connectivity index is 1.02. The van der Waals surface area contributed by atoms with Gasteiger partial charge >= 0.3 is 5.97 Å². The van der Waals surface area contributed by atoms with E-state index in [9.17, 15) is 9.90 Å². The topological polar surface area (TPSA) is 176 Å². The molecule has 534 valence electrons. The number of hydrogen-bond donors (Lipinski definition) is 1. The van der Waals surface area contributed by atoms with E-state index < -0.39 is 104 Å². The molecule has 3 aliphatic rings. The first-order valence-corrected chi connectivity index (χ1v) is 35.0.